The molecule has 2 rings (SSSR count). The number of ether oxygens (including phenoxy) is 2. The SMILES string of the molecule is COc1ccc(CC(C(=O)O)c2ccc(C)cc2)cc1OC. The molecule has 1 atom stereocenters. The van der Waals surface area contributed by atoms with Crippen molar-refractivity contribution >= 4 is 5.97 Å². The van der Waals surface area contributed by atoms with Crippen molar-refractivity contribution in [2.24, 2.45) is 0 Å². The second-order valence-corrected chi connectivity index (χ2v) is 5.19. The molecular formula is C18H20O4. The van der Waals surface area contributed by atoms with Gasteiger partial charge in [-0.3, -0.25) is 4.79 Å². The minimum atomic E-state index is -0.835. The average Bonchev–Trinajstić information content (AvgIpc) is 2.53. The largest absolute Gasteiger partial charge is 0.493 e. The fraction of sp³-hybridized carbons (Fsp3) is 0.278. The molecule has 0 aliphatic carbocycles. The fourth-order valence-corrected chi connectivity index (χ4v) is 2.39. The van der Waals surface area contributed by atoms with Gasteiger partial charge in [-0.1, -0.05) is 35.9 Å². The van der Waals surface area contributed by atoms with E-state index in [9.17, 15) is 9.90 Å². The summed E-state index contributed by atoms with van der Waals surface area (Å²) in [6, 6.07) is 13.1. The lowest BCUT2D eigenvalue weighted by Crippen LogP contribution is -2.14. The Morgan fingerprint density at radius 3 is 2.23 bits per heavy atom. The molecule has 0 fully saturated rings. The standard InChI is InChI=1S/C18H20O4/c1-12-4-7-14(8-5-12)15(18(19)20)10-13-6-9-16(21-2)17(11-13)22-3/h4-9,11,15H,10H2,1-3H3,(H,19,20). The minimum Gasteiger partial charge on any atom is -0.493 e. The number of methoxy groups -OCH3 is 2. The Kier molecular flexibility index (Phi) is 5.04. The molecule has 0 radical (unpaired) electrons. The smallest absolute Gasteiger partial charge is 0.311 e. The first-order valence-electron chi connectivity index (χ1n) is 7.05. The Bertz CT molecular complexity index is 647. The molecule has 4 nitrogen and oxygen atoms in total. The van der Waals surface area contributed by atoms with Crippen LogP contribution in [0.1, 0.15) is 22.6 Å². The number of benzene rings is 2. The van der Waals surface area contributed by atoms with Crippen LogP contribution in [0, 0.1) is 6.92 Å². The van der Waals surface area contributed by atoms with Gasteiger partial charge in [-0.2, -0.15) is 0 Å². The molecule has 4 heteroatoms. The highest BCUT2D eigenvalue weighted by molar-refractivity contribution is 5.76. The third-order valence-electron chi connectivity index (χ3n) is 3.67. The molecule has 0 heterocycles. The Labute approximate surface area is 130 Å². The molecular weight excluding hydrogens is 280 g/mol. The summed E-state index contributed by atoms with van der Waals surface area (Å²) in [7, 11) is 3.14. The third kappa shape index (κ3) is 3.58. The van der Waals surface area contributed by atoms with Crippen LogP contribution < -0.4 is 9.47 Å². The van der Waals surface area contributed by atoms with Gasteiger partial charge in [-0.15, -0.1) is 0 Å². The zero-order valence-electron chi connectivity index (χ0n) is 13.0. The van der Waals surface area contributed by atoms with Gasteiger partial charge in [0.1, 0.15) is 0 Å². The number of rotatable bonds is 6. The van der Waals surface area contributed by atoms with Crippen molar-refractivity contribution < 1.29 is 19.4 Å². The second-order valence-electron chi connectivity index (χ2n) is 5.19. The topological polar surface area (TPSA) is 55.8 Å². The number of carbonyl (C=O) groups is 1. The molecule has 2 aromatic carbocycles. The summed E-state index contributed by atoms with van der Waals surface area (Å²) in [4.78, 5) is 11.6. The van der Waals surface area contributed by atoms with Crippen molar-refractivity contribution in [3.63, 3.8) is 0 Å². The third-order valence-corrected chi connectivity index (χ3v) is 3.67. The van der Waals surface area contributed by atoms with Gasteiger partial charge < -0.3 is 14.6 Å². The molecule has 0 saturated heterocycles. The van der Waals surface area contributed by atoms with Crippen LogP contribution in [-0.2, 0) is 11.2 Å². The van der Waals surface area contributed by atoms with Crippen LogP contribution in [0.4, 0.5) is 0 Å². The van der Waals surface area contributed by atoms with Crippen LogP contribution in [0.3, 0.4) is 0 Å². The summed E-state index contributed by atoms with van der Waals surface area (Å²) in [5.41, 5.74) is 2.80. The number of carboxylic acids is 1. The molecule has 1 N–H and O–H groups in total. The van der Waals surface area contributed by atoms with Crippen LogP contribution in [0.5, 0.6) is 11.5 Å². The Morgan fingerprint density at radius 2 is 1.68 bits per heavy atom. The zero-order valence-corrected chi connectivity index (χ0v) is 13.0. The van der Waals surface area contributed by atoms with E-state index in [1.165, 1.54) is 0 Å². The lowest BCUT2D eigenvalue weighted by molar-refractivity contribution is -0.138. The molecule has 2 aromatic rings. The van der Waals surface area contributed by atoms with Gasteiger partial charge in [-0.05, 0) is 36.6 Å². The van der Waals surface area contributed by atoms with E-state index in [2.05, 4.69) is 0 Å². The molecule has 1 unspecified atom stereocenters. The molecule has 0 bridgehead atoms. The van der Waals surface area contributed by atoms with Gasteiger partial charge in [0, 0.05) is 0 Å². The predicted octanol–water partition coefficient (Wildman–Crippen LogP) is 3.42. The first kappa shape index (κ1) is 15.9. The fourth-order valence-electron chi connectivity index (χ4n) is 2.39. The van der Waals surface area contributed by atoms with Gasteiger partial charge in [0.05, 0.1) is 20.1 Å². The van der Waals surface area contributed by atoms with E-state index in [-0.39, 0.29) is 0 Å². The highest BCUT2D eigenvalue weighted by Gasteiger charge is 2.21. The van der Waals surface area contributed by atoms with Crippen molar-refractivity contribution in [2.75, 3.05) is 14.2 Å². The highest BCUT2D eigenvalue weighted by Crippen LogP contribution is 2.30. The quantitative estimate of drug-likeness (QED) is 0.888. The number of aliphatic carboxylic acids is 1. The summed E-state index contributed by atoms with van der Waals surface area (Å²) in [6.45, 7) is 1.98. The summed E-state index contributed by atoms with van der Waals surface area (Å²) >= 11 is 0. The van der Waals surface area contributed by atoms with Gasteiger partial charge in [-0.25, -0.2) is 0 Å². The van der Waals surface area contributed by atoms with Crippen LogP contribution in [0.25, 0.3) is 0 Å². The van der Waals surface area contributed by atoms with E-state index >= 15 is 0 Å². The first-order chi connectivity index (χ1) is 10.5. The second kappa shape index (κ2) is 6.98. The van der Waals surface area contributed by atoms with E-state index < -0.39 is 11.9 Å². The van der Waals surface area contributed by atoms with E-state index in [4.69, 9.17) is 9.47 Å². The molecule has 0 saturated carbocycles. The Hall–Kier alpha value is -2.49. The van der Waals surface area contributed by atoms with Crippen molar-refractivity contribution in [3.8, 4) is 11.5 Å². The summed E-state index contributed by atoms with van der Waals surface area (Å²) in [5, 5.41) is 9.53. The maximum Gasteiger partial charge on any atom is 0.311 e. The van der Waals surface area contributed by atoms with E-state index in [1.807, 2.05) is 43.3 Å². The number of carboxylic acid groups (broad SMARTS) is 1. The number of hydrogen-bond acceptors (Lipinski definition) is 3. The summed E-state index contributed by atoms with van der Waals surface area (Å²) in [6.07, 6.45) is 0.402. The Balaban J connectivity index is 2.28. The minimum absolute atomic E-state index is 0.402. The average molecular weight is 300 g/mol. The Morgan fingerprint density at radius 1 is 1.05 bits per heavy atom. The van der Waals surface area contributed by atoms with Gasteiger partial charge in [0.25, 0.3) is 0 Å². The van der Waals surface area contributed by atoms with Crippen molar-refractivity contribution in [1.82, 2.24) is 0 Å². The molecule has 0 amide bonds. The van der Waals surface area contributed by atoms with Crippen molar-refractivity contribution in [2.45, 2.75) is 19.3 Å². The van der Waals surface area contributed by atoms with Gasteiger partial charge in [0.15, 0.2) is 11.5 Å². The summed E-state index contributed by atoms with van der Waals surface area (Å²) < 4.78 is 10.5. The molecule has 116 valence electrons. The van der Waals surface area contributed by atoms with Crippen LogP contribution in [-0.4, -0.2) is 25.3 Å². The van der Waals surface area contributed by atoms with Crippen LogP contribution in [0.15, 0.2) is 42.5 Å². The zero-order chi connectivity index (χ0) is 16.1. The maximum atomic E-state index is 11.6. The normalized spacial score (nSPS) is 11.8. The predicted molar refractivity (Wildman–Crippen MR) is 84.8 cm³/mol. The van der Waals surface area contributed by atoms with Gasteiger partial charge >= 0.3 is 5.97 Å². The molecule has 0 aromatic heterocycles. The number of aryl methyl sites for hydroxylation is 1. The number of hydrogen-bond donors (Lipinski definition) is 1. The highest BCUT2D eigenvalue weighted by atomic mass is 16.5. The van der Waals surface area contributed by atoms with Crippen molar-refractivity contribution in [1.29, 1.82) is 0 Å². The van der Waals surface area contributed by atoms with Crippen LogP contribution >= 0.6 is 0 Å². The van der Waals surface area contributed by atoms with Crippen molar-refractivity contribution in [3.05, 3.63) is 59.2 Å². The molecule has 22 heavy (non-hydrogen) atoms. The molecule has 0 aliphatic rings. The molecule has 0 spiro atoms. The van der Waals surface area contributed by atoms with E-state index in [0.717, 1.165) is 16.7 Å². The maximum absolute atomic E-state index is 11.6. The van der Waals surface area contributed by atoms with E-state index in [0.29, 0.717) is 17.9 Å². The lowest BCUT2D eigenvalue weighted by Gasteiger charge is -2.15. The monoisotopic (exact) mass is 300 g/mol. The first-order valence-corrected chi connectivity index (χ1v) is 7.05. The van der Waals surface area contributed by atoms with Crippen LogP contribution in [0.2, 0.25) is 0 Å². The van der Waals surface area contributed by atoms with Gasteiger partial charge in [0.2, 0.25) is 0 Å². The lowest BCUT2D eigenvalue weighted by atomic mass is 9.91. The molecule has 0 aliphatic heterocycles. The van der Waals surface area contributed by atoms with E-state index in [1.54, 1.807) is 20.3 Å². The summed E-state index contributed by atoms with van der Waals surface area (Å²) in [5.74, 6) is -0.182.